The molecule has 0 aromatic carbocycles. The smallest absolute Gasteiger partial charge is 0.306 e. The van der Waals surface area contributed by atoms with Gasteiger partial charge in [0.2, 0.25) is 0 Å². The van der Waals surface area contributed by atoms with Crippen molar-refractivity contribution in [3.8, 4) is 0 Å². The van der Waals surface area contributed by atoms with Gasteiger partial charge in [-0.25, -0.2) is 0 Å². The molecule has 1 aliphatic heterocycles. The molecular weight excluding hydrogens is 204 g/mol. The Morgan fingerprint density at radius 2 is 2.00 bits per heavy atom. The van der Waals surface area contributed by atoms with Gasteiger partial charge in [-0.3, -0.25) is 9.69 Å². The van der Waals surface area contributed by atoms with Crippen LogP contribution in [0.25, 0.3) is 0 Å². The van der Waals surface area contributed by atoms with Crippen LogP contribution in [-0.2, 0) is 4.79 Å². The second-order valence-electron chi connectivity index (χ2n) is 4.84. The van der Waals surface area contributed by atoms with Gasteiger partial charge >= 0.3 is 5.97 Å². The van der Waals surface area contributed by atoms with Crippen LogP contribution in [0.3, 0.4) is 0 Å². The van der Waals surface area contributed by atoms with Gasteiger partial charge in [0.15, 0.2) is 0 Å². The summed E-state index contributed by atoms with van der Waals surface area (Å²) in [5.74, 6) is -0.835. The molecule has 1 aliphatic carbocycles. The fourth-order valence-electron chi connectivity index (χ4n) is 2.49. The number of rotatable bonds is 2. The third-order valence-electron chi connectivity index (χ3n) is 3.66. The highest BCUT2D eigenvalue weighted by molar-refractivity contribution is 5.70. The Labute approximate surface area is 96.5 Å². The van der Waals surface area contributed by atoms with Gasteiger partial charge < -0.3 is 10.0 Å². The molecule has 4 nitrogen and oxygen atoms in total. The Hall–Kier alpha value is -0.870. The van der Waals surface area contributed by atoms with E-state index in [-0.39, 0.29) is 5.92 Å². The lowest BCUT2D eigenvalue weighted by atomic mass is 9.90. The number of carboxylic acid groups (broad SMARTS) is 1. The van der Waals surface area contributed by atoms with E-state index in [1.54, 1.807) is 0 Å². The Morgan fingerprint density at radius 1 is 1.31 bits per heavy atom. The van der Waals surface area contributed by atoms with Crippen LogP contribution in [-0.4, -0.2) is 60.1 Å². The molecule has 1 saturated heterocycles. The minimum absolute atomic E-state index is 0.186. The summed E-state index contributed by atoms with van der Waals surface area (Å²) in [4.78, 5) is 15.7. The molecule has 1 heterocycles. The molecule has 2 rings (SSSR count). The summed E-state index contributed by atoms with van der Waals surface area (Å²) >= 11 is 0. The summed E-state index contributed by atoms with van der Waals surface area (Å²) in [6.07, 6.45) is 5.69. The molecule has 2 aliphatic rings. The Balaban J connectivity index is 1.92. The normalized spacial score (nSPS) is 32.8. The van der Waals surface area contributed by atoms with Crippen molar-refractivity contribution in [2.45, 2.75) is 18.9 Å². The predicted molar refractivity (Wildman–Crippen MR) is 62.4 cm³/mol. The molecule has 90 valence electrons. The first kappa shape index (κ1) is 11.6. The Morgan fingerprint density at radius 3 is 2.62 bits per heavy atom. The van der Waals surface area contributed by atoms with Gasteiger partial charge in [-0.2, -0.15) is 0 Å². The lowest BCUT2D eigenvalue weighted by molar-refractivity contribution is -0.142. The van der Waals surface area contributed by atoms with Crippen LogP contribution in [0, 0.1) is 5.92 Å². The second kappa shape index (κ2) is 4.97. The van der Waals surface area contributed by atoms with Crippen molar-refractivity contribution < 1.29 is 9.90 Å². The zero-order valence-electron chi connectivity index (χ0n) is 9.80. The van der Waals surface area contributed by atoms with Crippen molar-refractivity contribution >= 4 is 5.97 Å². The van der Waals surface area contributed by atoms with Crippen LogP contribution in [0.15, 0.2) is 12.2 Å². The Bertz CT molecular complexity index is 283. The van der Waals surface area contributed by atoms with Crippen molar-refractivity contribution in [3.05, 3.63) is 12.2 Å². The topological polar surface area (TPSA) is 43.8 Å². The van der Waals surface area contributed by atoms with E-state index in [0.717, 1.165) is 32.6 Å². The van der Waals surface area contributed by atoms with Crippen molar-refractivity contribution in [1.82, 2.24) is 9.80 Å². The molecule has 0 radical (unpaired) electrons. The van der Waals surface area contributed by atoms with E-state index in [1.165, 1.54) is 0 Å². The summed E-state index contributed by atoms with van der Waals surface area (Å²) in [6.45, 7) is 4.28. The zero-order valence-corrected chi connectivity index (χ0v) is 9.80. The standard InChI is InChI=1S/C12H20N2O2/c1-13-5-7-14(8-6-13)11-4-2-3-10(9-11)12(15)16/h2,4,10-11H,3,5-9H2,1H3,(H,15,16)/t10?,11-/m0/s1. The van der Waals surface area contributed by atoms with E-state index in [0.29, 0.717) is 12.5 Å². The second-order valence-corrected chi connectivity index (χ2v) is 4.84. The number of aliphatic carboxylic acids is 1. The molecule has 0 bridgehead atoms. The van der Waals surface area contributed by atoms with E-state index in [9.17, 15) is 4.79 Å². The van der Waals surface area contributed by atoms with Gasteiger partial charge in [0, 0.05) is 32.2 Å². The van der Waals surface area contributed by atoms with Gasteiger partial charge in [-0.15, -0.1) is 0 Å². The van der Waals surface area contributed by atoms with Crippen LogP contribution in [0.1, 0.15) is 12.8 Å². The quantitative estimate of drug-likeness (QED) is 0.700. The molecule has 0 saturated carbocycles. The highest BCUT2D eigenvalue weighted by Crippen LogP contribution is 2.23. The van der Waals surface area contributed by atoms with Gasteiger partial charge in [-0.1, -0.05) is 12.2 Å². The van der Waals surface area contributed by atoms with Crippen molar-refractivity contribution in [2.24, 2.45) is 5.92 Å². The minimum Gasteiger partial charge on any atom is -0.481 e. The van der Waals surface area contributed by atoms with Gasteiger partial charge in [0.25, 0.3) is 0 Å². The summed E-state index contributed by atoms with van der Waals surface area (Å²) in [5.41, 5.74) is 0. The van der Waals surface area contributed by atoms with E-state index in [4.69, 9.17) is 5.11 Å². The number of carboxylic acids is 1. The molecule has 0 amide bonds. The number of hydrogen-bond acceptors (Lipinski definition) is 3. The maximum atomic E-state index is 11.0. The van der Waals surface area contributed by atoms with Crippen LogP contribution in [0.5, 0.6) is 0 Å². The average molecular weight is 224 g/mol. The molecule has 0 aromatic heterocycles. The third-order valence-corrected chi connectivity index (χ3v) is 3.66. The largest absolute Gasteiger partial charge is 0.481 e. The maximum Gasteiger partial charge on any atom is 0.306 e. The van der Waals surface area contributed by atoms with Gasteiger partial charge in [0.05, 0.1) is 5.92 Å². The first-order valence-electron chi connectivity index (χ1n) is 5.99. The van der Waals surface area contributed by atoms with E-state index in [1.807, 2.05) is 6.08 Å². The highest BCUT2D eigenvalue weighted by Gasteiger charge is 2.28. The molecule has 0 aromatic rings. The molecule has 2 atom stereocenters. The first-order valence-corrected chi connectivity index (χ1v) is 5.99. The number of allylic oxidation sites excluding steroid dienone is 1. The van der Waals surface area contributed by atoms with E-state index in [2.05, 4.69) is 22.9 Å². The predicted octanol–water partition coefficient (Wildman–Crippen LogP) is 0.653. The van der Waals surface area contributed by atoms with Gasteiger partial charge in [-0.05, 0) is 19.9 Å². The van der Waals surface area contributed by atoms with E-state index >= 15 is 0 Å². The van der Waals surface area contributed by atoms with Gasteiger partial charge in [0.1, 0.15) is 0 Å². The molecular formula is C12H20N2O2. The third kappa shape index (κ3) is 2.62. The first-order chi connectivity index (χ1) is 7.66. The number of likely N-dealkylation sites (N-methyl/N-ethyl adjacent to an activating group) is 1. The van der Waals surface area contributed by atoms with E-state index < -0.39 is 5.97 Å². The van der Waals surface area contributed by atoms with Crippen LogP contribution < -0.4 is 0 Å². The summed E-state index contributed by atoms with van der Waals surface area (Å²) in [7, 11) is 2.13. The monoisotopic (exact) mass is 224 g/mol. The highest BCUT2D eigenvalue weighted by atomic mass is 16.4. The number of hydrogen-bond donors (Lipinski definition) is 1. The van der Waals surface area contributed by atoms with Crippen molar-refractivity contribution in [1.29, 1.82) is 0 Å². The molecule has 1 unspecified atom stereocenters. The molecule has 4 heteroatoms. The summed E-state index contributed by atoms with van der Waals surface area (Å²) in [6, 6.07) is 0.337. The number of piperazine rings is 1. The van der Waals surface area contributed by atoms with Crippen molar-refractivity contribution in [3.63, 3.8) is 0 Å². The van der Waals surface area contributed by atoms with Crippen LogP contribution >= 0.6 is 0 Å². The molecule has 0 spiro atoms. The minimum atomic E-state index is -0.650. The molecule has 1 fully saturated rings. The lowest BCUT2D eigenvalue weighted by Crippen LogP contribution is -2.49. The number of carbonyl (C=O) groups is 1. The molecule has 16 heavy (non-hydrogen) atoms. The average Bonchev–Trinajstić information content (AvgIpc) is 2.30. The fourth-order valence-corrected chi connectivity index (χ4v) is 2.49. The SMILES string of the molecule is CN1CCN([C@H]2C=CCC(C(=O)O)C2)CC1. The summed E-state index contributed by atoms with van der Waals surface area (Å²) < 4.78 is 0. The zero-order chi connectivity index (χ0) is 11.5. The number of nitrogens with zero attached hydrogens (tertiary/aromatic N) is 2. The maximum absolute atomic E-state index is 11.0. The molecule has 1 N–H and O–H groups in total. The van der Waals surface area contributed by atoms with Crippen LogP contribution in [0.4, 0.5) is 0 Å². The fraction of sp³-hybridized carbons (Fsp3) is 0.750. The Kier molecular flexibility index (Phi) is 3.61. The van der Waals surface area contributed by atoms with Crippen molar-refractivity contribution in [2.75, 3.05) is 33.2 Å². The lowest BCUT2D eigenvalue weighted by Gasteiger charge is -2.38. The summed E-state index contributed by atoms with van der Waals surface area (Å²) in [5, 5.41) is 9.04. The van der Waals surface area contributed by atoms with Crippen LogP contribution in [0.2, 0.25) is 0 Å².